The van der Waals surface area contributed by atoms with Gasteiger partial charge >= 0.3 is 0 Å². The van der Waals surface area contributed by atoms with Crippen molar-refractivity contribution >= 4 is 32.8 Å². The number of amides is 1. The van der Waals surface area contributed by atoms with Crippen LogP contribution in [0.25, 0.3) is 11.1 Å². The van der Waals surface area contributed by atoms with E-state index >= 15 is 0 Å². The molecule has 1 N–H and O–H groups in total. The molecule has 1 heterocycles. The van der Waals surface area contributed by atoms with E-state index in [0.717, 1.165) is 22.9 Å². The molecule has 0 bridgehead atoms. The second kappa shape index (κ2) is 6.82. The Hall–Kier alpha value is -2.44. The molecule has 2 aromatic carbocycles. The van der Waals surface area contributed by atoms with Gasteiger partial charge in [0, 0.05) is 17.5 Å². The van der Waals surface area contributed by atoms with E-state index in [4.69, 9.17) is 0 Å². The Morgan fingerprint density at radius 1 is 1.00 bits per heavy atom. The van der Waals surface area contributed by atoms with Gasteiger partial charge in [0.05, 0.1) is 4.90 Å². The molecule has 3 rings (SSSR count). The predicted octanol–water partition coefficient (Wildman–Crippen LogP) is 4.38. The number of carbonyl (C=O) groups is 1. The molecule has 0 aliphatic rings. The number of hydrogen-bond acceptors (Lipinski definition) is 4. The predicted molar refractivity (Wildman–Crippen MR) is 102 cm³/mol. The van der Waals surface area contributed by atoms with Gasteiger partial charge in [-0.2, -0.15) is 11.3 Å². The van der Waals surface area contributed by atoms with E-state index in [1.165, 1.54) is 12.1 Å². The van der Waals surface area contributed by atoms with Gasteiger partial charge in [-0.25, -0.2) is 8.42 Å². The summed E-state index contributed by atoms with van der Waals surface area (Å²) in [4.78, 5) is 12.7. The second-order valence-corrected chi connectivity index (χ2v) is 8.59. The third-order valence-corrected chi connectivity index (χ3v) is 5.67. The number of thiophene rings is 1. The number of benzene rings is 2. The van der Waals surface area contributed by atoms with Crippen molar-refractivity contribution in [3.63, 3.8) is 0 Å². The number of sulfone groups is 1. The summed E-state index contributed by atoms with van der Waals surface area (Å²) in [6.07, 6.45) is 1.13. The van der Waals surface area contributed by atoms with Gasteiger partial charge in [0.25, 0.3) is 5.91 Å². The maximum absolute atomic E-state index is 12.5. The van der Waals surface area contributed by atoms with Gasteiger partial charge in [0.15, 0.2) is 9.84 Å². The van der Waals surface area contributed by atoms with E-state index in [1.54, 1.807) is 24.3 Å². The summed E-state index contributed by atoms with van der Waals surface area (Å²) in [5, 5.41) is 6.90. The van der Waals surface area contributed by atoms with Crippen LogP contribution in [0.5, 0.6) is 0 Å². The van der Waals surface area contributed by atoms with Crippen molar-refractivity contribution < 1.29 is 13.2 Å². The summed E-state index contributed by atoms with van der Waals surface area (Å²) >= 11 is 1.63. The number of carbonyl (C=O) groups excluding carboxylic acids is 1. The molecule has 4 nitrogen and oxygen atoms in total. The highest BCUT2D eigenvalue weighted by Gasteiger charge is 2.14. The monoisotopic (exact) mass is 371 g/mol. The molecule has 0 spiro atoms. The summed E-state index contributed by atoms with van der Waals surface area (Å²) in [6, 6.07) is 14.2. The fourth-order valence-corrected chi connectivity index (χ4v) is 3.76. The minimum atomic E-state index is -3.36. The Kier molecular flexibility index (Phi) is 4.74. The van der Waals surface area contributed by atoms with Crippen LogP contribution in [0.2, 0.25) is 0 Å². The zero-order valence-electron chi connectivity index (χ0n) is 13.8. The fourth-order valence-electron chi connectivity index (χ4n) is 2.45. The van der Waals surface area contributed by atoms with Crippen molar-refractivity contribution in [2.24, 2.45) is 0 Å². The maximum Gasteiger partial charge on any atom is 0.255 e. The van der Waals surface area contributed by atoms with Crippen molar-refractivity contribution in [1.82, 2.24) is 0 Å². The van der Waals surface area contributed by atoms with Gasteiger partial charge < -0.3 is 5.32 Å². The molecule has 3 aromatic rings. The van der Waals surface area contributed by atoms with Crippen molar-refractivity contribution in [3.05, 3.63) is 70.4 Å². The van der Waals surface area contributed by atoms with Crippen molar-refractivity contribution in [3.8, 4) is 11.1 Å². The number of hydrogen-bond donors (Lipinski definition) is 1. The first-order valence-corrected chi connectivity index (χ1v) is 10.4. The van der Waals surface area contributed by atoms with Gasteiger partial charge in [-0.3, -0.25) is 4.79 Å². The number of aryl methyl sites for hydroxylation is 1. The highest BCUT2D eigenvalue weighted by Crippen LogP contribution is 2.24. The first-order chi connectivity index (χ1) is 11.8. The lowest BCUT2D eigenvalue weighted by Gasteiger charge is -2.10. The Morgan fingerprint density at radius 2 is 1.72 bits per heavy atom. The lowest BCUT2D eigenvalue weighted by atomic mass is 10.1. The molecule has 0 fully saturated rings. The maximum atomic E-state index is 12.5. The first kappa shape index (κ1) is 17.4. The number of anilines is 1. The van der Waals surface area contributed by atoms with Gasteiger partial charge in [-0.05, 0) is 64.7 Å². The van der Waals surface area contributed by atoms with E-state index in [0.29, 0.717) is 11.3 Å². The van der Waals surface area contributed by atoms with Crippen molar-refractivity contribution in [2.75, 3.05) is 11.6 Å². The Balaban J connectivity index is 1.83. The van der Waals surface area contributed by atoms with Gasteiger partial charge in [-0.15, -0.1) is 0 Å². The van der Waals surface area contributed by atoms with E-state index in [-0.39, 0.29) is 10.8 Å². The molecule has 0 radical (unpaired) electrons. The van der Waals surface area contributed by atoms with Crippen LogP contribution in [-0.4, -0.2) is 20.6 Å². The minimum absolute atomic E-state index is 0.135. The Labute approximate surface area is 151 Å². The molecule has 0 aliphatic heterocycles. The molecule has 1 amide bonds. The third-order valence-electron chi connectivity index (χ3n) is 3.88. The summed E-state index contributed by atoms with van der Waals surface area (Å²) in [5.41, 5.74) is 3.95. The lowest BCUT2D eigenvalue weighted by Crippen LogP contribution is -2.14. The highest BCUT2D eigenvalue weighted by atomic mass is 32.2. The topological polar surface area (TPSA) is 63.2 Å². The number of rotatable bonds is 4. The summed E-state index contributed by atoms with van der Waals surface area (Å²) in [6.45, 7) is 1.78. The summed E-state index contributed by atoms with van der Waals surface area (Å²) in [7, 11) is -3.36. The van der Waals surface area contributed by atoms with Crippen LogP contribution >= 0.6 is 11.3 Å². The fraction of sp³-hybridized carbons (Fsp3) is 0.105. The van der Waals surface area contributed by atoms with Crippen LogP contribution < -0.4 is 5.32 Å². The number of nitrogens with one attached hydrogen (secondary N) is 1. The van der Waals surface area contributed by atoms with E-state index < -0.39 is 9.84 Å². The zero-order chi connectivity index (χ0) is 18.0. The lowest BCUT2D eigenvalue weighted by molar-refractivity contribution is 0.102. The van der Waals surface area contributed by atoms with Crippen LogP contribution in [0, 0.1) is 6.92 Å². The van der Waals surface area contributed by atoms with Crippen molar-refractivity contribution in [1.29, 1.82) is 0 Å². The van der Waals surface area contributed by atoms with Crippen LogP contribution in [0.15, 0.2) is 64.2 Å². The second-order valence-electron chi connectivity index (χ2n) is 5.79. The molecule has 0 saturated carbocycles. The normalized spacial score (nSPS) is 11.3. The van der Waals surface area contributed by atoms with E-state index in [9.17, 15) is 13.2 Å². The van der Waals surface area contributed by atoms with E-state index in [1.807, 2.05) is 35.7 Å². The Bertz CT molecular complexity index is 1010. The SMILES string of the molecule is Cc1ccc(S(C)(=O)=O)cc1C(=O)Nc1ccc(-c2ccsc2)cc1. The first-order valence-electron chi connectivity index (χ1n) is 7.59. The molecule has 1 aromatic heterocycles. The molecule has 25 heavy (non-hydrogen) atoms. The summed E-state index contributed by atoms with van der Waals surface area (Å²) < 4.78 is 23.4. The smallest absolute Gasteiger partial charge is 0.255 e. The average Bonchev–Trinajstić information content (AvgIpc) is 3.09. The molecule has 0 atom stereocenters. The Morgan fingerprint density at radius 3 is 2.32 bits per heavy atom. The van der Waals surface area contributed by atoms with Crippen LogP contribution in [0.1, 0.15) is 15.9 Å². The molecular formula is C19H17NO3S2. The van der Waals surface area contributed by atoms with Gasteiger partial charge in [0.1, 0.15) is 0 Å². The largest absolute Gasteiger partial charge is 0.322 e. The van der Waals surface area contributed by atoms with Crippen molar-refractivity contribution in [2.45, 2.75) is 11.8 Å². The quantitative estimate of drug-likeness (QED) is 0.740. The van der Waals surface area contributed by atoms with Gasteiger partial charge in [-0.1, -0.05) is 18.2 Å². The summed E-state index contributed by atoms with van der Waals surface area (Å²) in [5.74, 6) is -0.328. The molecule has 0 aliphatic carbocycles. The molecular weight excluding hydrogens is 354 g/mol. The van der Waals surface area contributed by atoms with Gasteiger partial charge in [0.2, 0.25) is 0 Å². The zero-order valence-corrected chi connectivity index (χ0v) is 15.4. The van der Waals surface area contributed by atoms with Crippen LogP contribution in [0.4, 0.5) is 5.69 Å². The average molecular weight is 371 g/mol. The molecule has 0 saturated heterocycles. The van der Waals surface area contributed by atoms with Crippen LogP contribution in [-0.2, 0) is 9.84 Å². The molecule has 6 heteroatoms. The molecule has 128 valence electrons. The molecule has 0 unspecified atom stereocenters. The standard InChI is InChI=1S/C19H17NO3S2/c1-13-3-8-17(25(2,22)23)11-18(13)19(21)20-16-6-4-14(5-7-16)15-9-10-24-12-15/h3-12H,1-2H3,(H,20,21). The highest BCUT2D eigenvalue weighted by molar-refractivity contribution is 7.90. The van der Waals surface area contributed by atoms with Crippen LogP contribution in [0.3, 0.4) is 0 Å². The third kappa shape index (κ3) is 3.97. The minimum Gasteiger partial charge on any atom is -0.322 e. The van der Waals surface area contributed by atoms with E-state index in [2.05, 4.69) is 10.7 Å².